The second-order valence-electron chi connectivity index (χ2n) is 7.04. The fraction of sp³-hybridized carbons (Fsp3) is 0.619. The third kappa shape index (κ3) is 5.44. The largest absolute Gasteiger partial charge is 0.462 e. The Kier molecular flexibility index (Phi) is 7.73. The van der Waals surface area contributed by atoms with Gasteiger partial charge in [0.25, 0.3) is 0 Å². The van der Waals surface area contributed by atoms with Gasteiger partial charge in [-0.15, -0.1) is 11.3 Å². The number of furan rings is 1. The average molecular weight is 364 g/mol. The second-order valence-corrected chi connectivity index (χ2v) is 8.07. The zero-order chi connectivity index (χ0) is 18.3. The maximum Gasteiger partial charge on any atom is 0.135 e. The van der Waals surface area contributed by atoms with Gasteiger partial charge in [-0.05, 0) is 49.8 Å². The van der Waals surface area contributed by atoms with E-state index in [9.17, 15) is 5.11 Å². The average Bonchev–Trinajstić information content (AvgIpc) is 3.26. The molecule has 0 saturated heterocycles. The van der Waals surface area contributed by atoms with Crippen LogP contribution in [0.4, 0.5) is 0 Å². The summed E-state index contributed by atoms with van der Waals surface area (Å²) >= 11 is 1.80. The molecule has 4 heteroatoms. The third-order valence-electron chi connectivity index (χ3n) is 4.96. The molecule has 0 aliphatic heterocycles. The molecule has 2 rings (SSSR count). The van der Waals surface area contributed by atoms with Crippen LogP contribution >= 0.6 is 11.3 Å². The molecular formula is C21H33NO2S. The van der Waals surface area contributed by atoms with Crippen LogP contribution in [0.5, 0.6) is 0 Å². The van der Waals surface area contributed by atoms with Crippen LogP contribution in [0.15, 0.2) is 34.1 Å². The highest BCUT2D eigenvalue weighted by molar-refractivity contribution is 7.09. The van der Waals surface area contributed by atoms with Gasteiger partial charge in [0.2, 0.25) is 0 Å². The standard InChI is InChI=1S/C21H33NO2S/c1-5-12-21(23,13-6-2)20-11-10-18(24-20)15-22(17(4)7-3)16-19-9-8-14-25-19/h8-11,14,17,23H,5-7,12-13,15-16H2,1-4H3/t17-/m1/s1. The lowest BCUT2D eigenvalue weighted by Crippen LogP contribution is -2.31. The Hall–Kier alpha value is -1.10. The fourth-order valence-corrected chi connectivity index (χ4v) is 4.07. The van der Waals surface area contributed by atoms with E-state index in [2.05, 4.69) is 50.1 Å². The Morgan fingerprint density at radius 1 is 1.12 bits per heavy atom. The van der Waals surface area contributed by atoms with Gasteiger partial charge in [0.05, 0.1) is 6.54 Å². The maximum absolute atomic E-state index is 11.0. The van der Waals surface area contributed by atoms with E-state index < -0.39 is 5.60 Å². The van der Waals surface area contributed by atoms with Crippen molar-refractivity contribution in [3.63, 3.8) is 0 Å². The zero-order valence-corrected chi connectivity index (χ0v) is 16.9. The molecule has 1 N–H and O–H groups in total. The molecule has 0 aromatic carbocycles. The highest BCUT2D eigenvalue weighted by Gasteiger charge is 2.31. The lowest BCUT2D eigenvalue weighted by atomic mass is 9.90. The first kappa shape index (κ1) is 20.2. The lowest BCUT2D eigenvalue weighted by Gasteiger charge is -2.27. The van der Waals surface area contributed by atoms with Crippen molar-refractivity contribution in [2.45, 2.75) is 84.5 Å². The first-order valence-electron chi connectivity index (χ1n) is 9.60. The predicted molar refractivity (Wildman–Crippen MR) is 106 cm³/mol. The molecule has 140 valence electrons. The van der Waals surface area contributed by atoms with Crippen LogP contribution < -0.4 is 0 Å². The summed E-state index contributed by atoms with van der Waals surface area (Å²) in [5, 5.41) is 13.1. The quantitative estimate of drug-likeness (QED) is 0.537. The van der Waals surface area contributed by atoms with Crippen LogP contribution in [0, 0.1) is 0 Å². The fourth-order valence-electron chi connectivity index (χ4n) is 3.34. The van der Waals surface area contributed by atoms with E-state index in [1.54, 1.807) is 11.3 Å². The first-order valence-corrected chi connectivity index (χ1v) is 10.5. The van der Waals surface area contributed by atoms with Crippen molar-refractivity contribution in [2.24, 2.45) is 0 Å². The number of hydrogen-bond acceptors (Lipinski definition) is 4. The molecule has 0 saturated carbocycles. The van der Waals surface area contributed by atoms with Crippen LogP contribution in [0.3, 0.4) is 0 Å². The Morgan fingerprint density at radius 2 is 1.84 bits per heavy atom. The van der Waals surface area contributed by atoms with E-state index in [1.807, 2.05) is 12.1 Å². The first-order chi connectivity index (χ1) is 12.0. The van der Waals surface area contributed by atoms with Crippen molar-refractivity contribution >= 4 is 11.3 Å². The van der Waals surface area contributed by atoms with Crippen LogP contribution in [-0.4, -0.2) is 16.0 Å². The molecular weight excluding hydrogens is 330 g/mol. The molecule has 2 heterocycles. The van der Waals surface area contributed by atoms with Gasteiger partial charge >= 0.3 is 0 Å². The monoisotopic (exact) mass is 363 g/mol. The third-order valence-corrected chi connectivity index (χ3v) is 5.82. The molecule has 0 bridgehead atoms. The van der Waals surface area contributed by atoms with E-state index in [0.29, 0.717) is 6.04 Å². The molecule has 0 fully saturated rings. The van der Waals surface area contributed by atoms with Gasteiger partial charge in [0, 0.05) is 17.5 Å². The van der Waals surface area contributed by atoms with Crippen molar-refractivity contribution in [3.8, 4) is 0 Å². The highest BCUT2D eigenvalue weighted by Crippen LogP contribution is 2.33. The molecule has 3 nitrogen and oxygen atoms in total. The van der Waals surface area contributed by atoms with Crippen LogP contribution in [0.25, 0.3) is 0 Å². The number of rotatable bonds is 11. The van der Waals surface area contributed by atoms with E-state index in [-0.39, 0.29) is 0 Å². The van der Waals surface area contributed by atoms with Gasteiger partial charge < -0.3 is 9.52 Å². The SMILES string of the molecule is CCCC(O)(CCC)c1ccc(CN(Cc2cccs2)[C@H](C)CC)o1. The lowest BCUT2D eigenvalue weighted by molar-refractivity contribution is -0.00543. The Bertz CT molecular complexity index is 599. The van der Waals surface area contributed by atoms with Gasteiger partial charge in [0.1, 0.15) is 17.1 Å². The van der Waals surface area contributed by atoms with Crippen molar-refractivity contribution in [3.05, 3.63) is 46.0 Å². The smallest absolute Gasteiger partial charge is 0.135 e. The minimum absolute atomic E-state index is 0.487. The maximum atomic E-state index is 11.0. The molecule has 0 amide bonds. The topological polar surface area (TPSA) is 36.6 Å². The van der Waals surface area contributed by atoms with Gasteiger partial charge in [-0.25, -0.2) is 0 Å². The second kappa shape index (κ2) is 9.56. The van der Waals surface area contributed by atoms with Gasteiger partial charge in [-0.1, -0.05) is 39.7 Å². The molecule has 0 aliphatic rings. The van der Waals surface area contributed by atoms with Crippen molar-refractivity contribution < 1.29 is 9.52 Å². The van der Waals surface area contributed by atoms with Crippen LogP contribution in [-0.2, 0) is 18.7 Å². The van der Waals surface area contributed by atoms with Gasteiger partial charge in [-0.3, -0.25) is 4.90 Å². The summed E-state index contributed by atoms with van der Waals surface area (Å²) in [6, 6.07) is 8.79. The Labute approximate surface area is 156 Å². The Balaban J connectivity index is 2.13. The predicted octanol–water partition coefficient (Wildman–Crippen LogP) is 5.93. The normalized spacial score (nSPS) is 13.5. The van der Waals surface area contributed by atoms with E-state index in [0.717, 1.165) is 56.7 Å². The molecule has 0 aliphatic carbocycles. The van der Waals surface area contributed by atoms with E-state index in [4.69, 9.17) is 4.42 Å². The van der Waals surface area contributed by atoms with Crippen molar-refractivity contribution in [1.82, 2.24) is 4.90 Å². The van der Waals surface area contributed by atoms with Gasteiger partial charge in [0.15, 0.2) is 0 Å². The summed E-state index contributed by atoms with van der Waals surface area (Å²) in [6.45, 7) is 10.4. The molecule has 0 radical (unpaired) electrons. The number of nitrogens with zero attached hydrogens (tertiary/aromatic N) is 1. The summed E-state index contributed by atoms with van der Waals surface area (Å²) in [6.07, 6.45) is 4.50. The summed E-state index contributed by atoms with van der Waals surface area (Å²) in [5.74, 6) is 1.67. The van der Waals surface area contributed by atoms with Crippen molar-refractivity contribution in [2.75, 3.05) is 0 Å². The zero-order valence-electron chi connectivity index (χ0n) is 16.1. The number of aliphatic hydroxyl groups is 1. The van der Waals surface area contributed by atoms with E-state index >= 15 is 0 Å². The molecule has 25 heavy (non-hydrogen) atoms. The minimum atomic E-state index is -0.823. The van der Waals surface area contributed by atoms with Crippen LogP contribution in [0.1, 0.15) is 76.2 Å². The summed E-state index contributed by atoms with van der Waals surface area (Å²) in [5.41, 5.74) is -0.823. The van der Waals surface area contributed by atoms with Crippen LogP contribution in [0.2, 0.25) is 0 Å². The summed E-state index contributed by atoms with van der Waals surface area (Å²) in [7, 11) is 0. The highest BCUT2D eigenvalue weighted by atomic mass is 32.1. The molecule has 2 aromatic heterocycles. The molecule has 0 spiro atoms. The molecule has 0 unspecified atom stereocenters. The van der Waals surface area contributed by atoms with Gasteiger partial charge in [-0.2, -0.15) is 0 Å². The summed E-state index contributed by atoms with van der Waals surface area (Å²) in [4.78, 5) is 3.83. The van der Waals surface area contributed by atoms with E-state index in [1.165, 1.54) is 4.88 Å². The molecule has 1 atom stereocenters. The summed E-state index contributed by atoms with van der Waals surface area (Å²) < 4.78 is 6.11. The molecule has 2 aromatic rings. The number of hydrogen-bond donors (Lipinski definition) is 1. The minimum Gasteiger partial charge on any atom is -0.462 e. The Morgan fingerprint density at radius 3 is 2.40 bits per heavy atom. The number of thiophene rings is 1. The van der Waals surface area contributed by atoms with Crippen molar-refractivity contribution in [1.29, 1.82) is 0 Å².